The molecule has 1 atom stereocenters. The molecule has 0 bridgehead atoms. The quantitative estimate of drug-likeness (QED) is 0.734. The lowest BCUT2D eigenvalue weighted by molar-refractivity contribution is -0.117. The van der Waals surface area contributed by atoms with E-state index in [4.69, 9.17) is 0 Å². The van der Waals surface area contributed by atoms with Crippen LogP contribution in [0.1, 0.15) is 18.7 Å². The van der Waals surface area contributed by atoms with Crippen LogP contribution in [-0.2, 0) is 11.2 Å². The average Bonchev–Trinajstić information content (AvgIpc) is 3.07. The summed E-state index contributed by atoms with van der Waals surface area (Å²) in [6.07, 6.45) is 4.79. The normalized spacial score (nSPS) is 17.7. The van der Waals surface area contributed by atoms with E-state index in [9.17, 15) is 13.6 Å². The van der Waals surface area contributed by atoms with Crippen molar-refractivity contribution in [3.63, 3.8) is 0 Å². The number of halogens is 2. The van der Waals surface area contributed by atoms with Gasteiger partial charge in [0.25, 0.3) is 0 Å². The first-order valence-electron chi connectivity index (χ1n) is 9.34. The van der Waals surface area contributed by atoms with E-state index in [-0.39, 0.29) is 18.1 Å². The minimum Gasteiger partial charge on any atom is -0.322 e. The molecule has 1 amide bonds. The van der Waals surface area contributed by atoms with Crippen LogP contribution < -0.4 is 5.32 Å². The van der Waals surface area contributed by atoms with Crippen LogP contribution in [0.3, 0.4) is 0 Å². The Labute approximate surface area is 161 Å². The molecule has 0 aliphatic carbocycles. The van der Waals surface area contributed by atoms with E-state index in [0.717, 1.165) is 56.0 Å². The molecule has 0 unspecified atom stereocenters. The van der Waals surface area contributed by atoms with Gasteiger partial charge < -0.3 is 5.32 Å². The van der Waals surface area contributed by atoms with Crippen molar-refractivity contribution in [1.29, 1.82) is 0 Å². The van der Waals surface area contributed by atoms with Gasteiger partial charge in [0, 0.05) is 25.2 Å². The number of likely N-dealkylation sites (tertiary alicyclic amines) is 1. The standard InChI is InChI=1S/C20H21F2N5O/c21-15-6-7-17(16(22)11-15)23-20(28)13-26-8-3-4-14(12-26)10-19-25-24-18-5-1-2-9-27(18)19/h1-2,5-7,9,11,14H,3-4,8,10,12-13H2,(H,23,28)/t14-/m0/s1. The summed E-state index contributed by atoms with van der Waals surface area (Å²) in [6, 6.07) is 8.92. The molecule has 0 saturated carbocycles. The maximum atomic E-state index is 13.7. The molecule has 8 heteroatoms. The number of fused-ring (bicyclic) bond motifs is 1. The minimum absolute atomic E-state index is 0.00473. The van der Waals surface area contributed by atoms with Gasteiger partial charge >= 0.3 is 0 Å². The van der Waals surface area contributed by atoms with Gasteiger partial charge in [0.2, 0.25) is 5.91 Å². The van der Waals surface area contributed by atoms with Gasteiger partial charge in [0.1, 0.15) is 17.5 Å². The highest BCUT2D eigenvalue weighted by Crippen LogP contribution is 2.21. The third-order valence-corrected chi connectivity index (χ3v) is 5.03. The number of aromatic nitrogens is 3. The topological polar surface area (TPSA) is 62.5 Å². The van der Waals surface area contributed by atoms with Crippen LogP contribution in [0.4, 0.5) is 14.5 Å². The lowest BCUT2D eigenvalue weighted by atomic mass is 9.94. The highest BCUT2D eigenvalue weighted by molar-refractivity contribution is 5.92. The number of amides is 1. The van der Waals surface area contributed by atoms with Gasteiger partial charge in [-0.2, -0.15) is 0 Å². The molecule has 1 N–H and O–H groups in total. The van der Waals surface area contributed by atoms with Crippen molar-refractivity contribution in [3.8, 4) is 0 Å². The molecule has 146 valence electrons. The number of nitrogens with one attached hydrogen (secondary N) is 1. The molecule has 28 heavy (non-hydrogen) atoms. The molecule has 0 radical (unpaired) electrons. The van der Waals surface area contributed by atoms with Crippen molar-refractivity contribution in [1.82, 2.24) is 19.5 Å². The van der Waals surface area contributed by atoms with E-state index in [1.54, 1.807) is 0 Å². The van der Waals surface area contributed by atoms with Crippen LogP contribution in [-0.4, -0.2) is 45.0 Å². The van der Waals surface area contributed by atoms with E-state index >= 15 is 0 Å². The second kappa shape index (κ2) is 8.02. The maximum Gasteiger partial charge on any atom is 0.238 e. The number of carbonyl (C=O) groups is 1. The molecule has 1 saturated heterocycles. The zero-order chi connectivity index (χ0) is 19.5. The zero-order valence-electron chi connectivity index (χ0n) is 15.3. The Balaban J connectivity index is 1.35. The second-order valence-corrected chi connectivity index (χ2v) is 7.16. The Morgan fingerprint density at radius 1 is 1.21 bits per heavy atom. The van der Waals surface area contributed by atoms with Crippen LogP contribution in [0.25, 0.3) is 5.65 Å². The molecular weight excluding hydrogens is 364 g/mol. The molecular formula is C20H21F2N5O. The zero-order valence-corrected chi connectivity index (χ0v) is 15.3. The second-order valence-electron chi connectivity index (χ2n) is 7.16. The van der Waals surface area contributed by atoms with Crippen LogP contribution >= 0.6 is 0 Å². The lowest BCUT2D eigenvalue weighted by Gasteiger charge is -2.31. The number of pyridine rings is 1. The summed E-state index contributed by atoms with van der Waals surface area (Å²) in [7, 11) is 0. The fourth-order valence-electron chi connectivity index (χ4n) is 3.73. The number of benzene rings is 1. The summed E-state index contributed by atoms with van der Waals surface area (Å²) >= 11 is 0. The lowest BCUT2D eigenvalue weighted by Crippen LogP contribution is -2.41. The van der Waals surface area contributed by atoms with Crippen molar-refractivity contribution in [2.75, 3.05) is 25.0 Å². The van der Waals surface area contributed by atoms with Gasteiger partial charge in [-0.25, -0.2) is 8.78 Å². The van der Waals surface area contributed by atoms with Crippen LogP contribution in [0.15, 0.2) is 42.6 Å². The summed E-state index contributed by atoms with van der Waals surface area (Å²) < 4.78 is 28.7. The van der Waals surface area contributed by atoms with Crippen molar-refractivity contribution in [2.24, 2.45) is 5.92 Å². The van der Waals surface area contributed by atoms with Crippen molar-refractivity contribution in [2.45, 2.75) is 19.3 Å². The van der Waals surface area contributed by atoms with Gasteiger partial charge in [-0.3, -0.25) is 14.1 Å². The first-order valence-corrected chi connectivity index (χ1v) is 9.34. The average molecular weight is 385 g/mol. The Kier molecular flexibility index (Phi) is 5.29. The van der Waals surface area contributed by atoms with E-state index in [1.165, 1.54) is 6.07 Å². The molecule has 6 nitrogen and oxygen atoms in total. The highest BCUT2D eigenvalue weighted by atomic mass is 19.1. The van der Waals surface area contributed by atoms with Crippen molar-refractivity contribution in [3.05, 3.63) is 60.1 Å². The minimum atomic E-state index is -0.774. The summed E-state index contributed by atoms with van der Waals surface area (Å²) in [5.74, 6) is -0.463. The molecule has 0 spiro atoms. The number of nitrogens with zero attached hydrogens (tertiary/aromatic N) is 4. The smallest absolute Gasteiger partial charge is 0.238 e. The summed E-state index contributed by atoms with van der Waals surface area (Å²) in [5.41, 5.74) is 0.820. The molecule has 2 aromatic heterocycles. The summed E-state index contributed by atoms with van der Waals surface area (Å²) in [5, 5.41) is 11.0. The third-order valence-electron chi connectivity index (χ3n) is 5.03. The van der Waals surface area contributed by atoms with E-state index in [2.05, 4.69) is 20.4 Å². The SMILES string of the molecule is O=C(CN1CCC[C@@H](Cc2nnc3ccccn23)C1)Nc1ccc(F)cc1F. The fourth-order valence-corrected chi connectivity index (χ4v) is 3.73. The molecule has 1 aromatic carbocycles. The van der Waals surface area contributed by atoms with E-state index in [0.29, 0.717) is 5.92 Å². The van der Waals surface area contributed by atoms with Gasteiger partial charge in [-0.15, -0.1) is 10.2 Å². The first kappa shape index (κ1) is 18.5. The predicted octanol–water partition coefficient (Wildman–Crippen LogP) is 2.90. The molecule has 4 rings (SSSR count). The van der Waals surface area contributed by atoms with E-state index in [1.807, 2.05) is 28.8 Å². The number of rotatable bonds is 5. The maximum absolute atomic E-state index is 13.7. The van der Waals surface area contributed by atoms with E-state index < -0.39 is 11.6 Å². The molecule has 3 heterocycles. The molecule has 3 aromatic rings. The Morgan fingerprint density at radius 3 is 2.96 bits per heavy atom. The molecule has 1 aliphatic heterocycles. The fraction of sp³-hybridized carbons (Fsp3) is 0.350. The molecule has 1 fully saturated rings. The predicted molar refractivity (Wildman–Crippen MR) is 101 cm³/mol. The summed E-state index contributed by atoms with van der Waals surface area (Å²) in [4.78, 5) is 14.3. The number of hydrogen-bond donors (Lipinski definition) is 1. The molecule has 1 aliphatic rings. The monoisotopic (exact) mass is 385 g/mol. The van der Waals surface area contributed by atoms with Gasteiger partial charge in [-0.1, -0.05) is 6.07 Å². The van der Waals surface area contributed by atoms with Gasteiger partial charge in [0.15, 0.2) is 5.65 Å². The number of carbonyl (C=O) groups excluding carboxylic acids is 1. The van der Waals surface area contributed by atoms with Crippen molar-refractivity contribution >= 4 is 17.2 Å². The van der Waals surface area contributed by atoms with Crippen LogP contribution in [0.2, 0.25) is 0 Å². The number of anilines is 1. The highest BCUT2D eigenvalue weighted by Gasteiger charge is 2.23. The van der Waals surface area contributed by atoms with Crippen LogP contribution in [0.5, 0.6) is 0 Å². The Morgan fingerprint density at radius 2 is 2.11 bits per heavy atom. The summed E-state index contributed by atoms with van der Waals surface area (Å²) in [6.45, 7) is 1.76. The van der Waals surface area contributed by atoms with Gasteiger partial charge in [0.05, 0.1) is 12.2 Å². The largest absolute Gasteiger partial charge is 0.322 e. The first-order chi connectivity index (χ1) is 13.6. The van der Waals surface area contributed by atoms with Gasteiger partial charge in [-0.05, 0) is 49.6 Å². The van der Waals surface area contributed by atoms with Crippen molar-refractivity contribution < 1.29 is 13.6 Å². The van der Waals surface area contributed by atoms with Crippen LogP contribution in [0, 0.1) is 17.6 Å². The third kappa shape index (κ3) is 4.17. The number of piperidine rings is 1. The Bertz CT molecular complexity index is 990. The Hall–Kier alpha value is -2.87. The number of hydrogen-bond acceptors (Lipinski definition) is 4.